The van der Waals surface area contributed by atoms with Gasteiger partial charge in [-0.2, -0.15) is 0 Å². The number of carbonyl (C=O) groups is 1. The Kier molecular flexibility index (Phi) is 3.46. The van der Waals surface area contributed by atoms with E-state index in [0.717, 1.165) is 29.7 Å². The highest BCUT2D eigenvalue weighted by Crippen LogP contribution is 2.47. The summed E-state index contributed by atoms with van der Waals surface area (Å²) in [5.41, 5.74) is 7.00. The molecule has 0 saturated heterocycles. The second kappa shape index (κ2) is 5.84. The summed E-state index contributed by atoms with van der Waals surface area (Å²) in [6, 6.07) is 21.3. The quantitative estimate of drug-likeness (QED) is 0.605. The van der Waals surface area contributed by atoms with Gasteiger partial charge in [-0.25, -0.2) is 0 Å². The fraction of sp³-hybridized carbons (Fsp3) is 0.208. The molecule has 1 N–H and O–H groups in total. The fourth-order valence-corrected chi connectivity index (χ4v) is 4.41. The highest BCUT2D eigenvalue weighted by Gasteiger charge is 2.34. The number of hydrogen-bond acceptors (Lipinski definition) is 2. The van der Waals surface area contributed by atoms with Crippen LogP contribution in [0.25, 0.3) is 16.3 Å². The van der Waals surface area contributed by atoms with E-state index in [-0.39, 0.29) is 6.04 Å². The lowest BCUT2D eigenvalue weighted by molar-refractivity contribution is -0.116. The van der Waals surface area contributed by atoms with Crippen LogP contribution >= 0.6 is 0 Å². The largest absolute Gasteiger partial charge is 0.373 e. The molecule has 0 fully saturated rings. The topological polar surface area (TPSA) is 29.1 Å². The molecule has 0 spiro atoms. The Hall–Kier alpha value is -2.87. The summed E-state index contributed by atoms with van der Waals surface area (Å²) < 4.78 is 0. The van der Waals surface area contributed by atoms with Crippen LogP contribution in [0.5, 0.6) is 0 Å². The molecule has 26 heavy (non-hydrogen) atoms. The van der Waals surface area contributed by atoms with E-state index in [1.807, 2.05) is 0 Å². The number of anilines is 1. The van der Waals surface area contributed by atoms with Gasteiger partial charge in [-0.3, -0.25) is 4.79 Å². The molecule has 2 aliphatic rings. The minimum Gasteiger partial charge on any atom is -0.373 e. The summed E-state index contributed by atoms with van der Waals surface area (Å²) in [5.74, 6) is 0.294. The number of allylic oxidation sites excluding steroid dienone is 1. The smallest absolute Gasteiger partial charge is 0.161 e. The minimum absolute atomic E-state index is 0.0490. The van der Waals surface area contributed by atoms with Gasteiger partial charge in [-0.15, -0.1) is 0 Å². The third-order valence-electron chi connectivity index (χ3n) is 5.69. The molecule has 0 radical (unpaired) electrons. The lowest BCUT2D eigenvalue weighted by atomic mass is 9.77. The number of ketones is 1. The highest BCUT2D eigenvalue weighted by molar-refractivity contribution is 6.12. The molecule has 2 heteroatoms. The van der Waals surface area contributed by atoms with Crippen molar-refractivity contribution in [3.05, 3.63) is 82.9 Å². The van der Waals surface area contributed by atoms with Crippen molar-refractivity contribution in [2.75, 3.05) is 5.32 Å². The van der Waals surface area contributed by atoms with Crippen molar-refractivity contribution in [3.8, 4) is 0 Å². The molecule has 0 saturated carbocycles. The molecule has 0 amide bonds. The van der Waals surface area contributed by atoms with E-state index in [4.69, 9.17) is 0 Å². The van der Waals surface area contributed by atoms with Crippen molar-refractivity contribution < 1.29 is 4.79 Å². The summed E-state index contributed by atoms with van der Waals surface area (Å²) in [6.45, 7) is 2.09. The first-order valence-corrected chi connectivity index (χ1v) is 9.34. The summed E-state index contributed by atoms with van der Waals surface area (Å²) in [6.07, 6.45) is 2.58. The zero-order valence-corrected chi connectivity index (χ0v) is 14.9. The second-order valence-corrected chi connectivity index (χ2v) is 7.37. The maximum absolute atomic E-state index is 12.9. The Morgan fingerprint density at radius 1 is 0.923 bits per heavy atom. The number of Topliss-reactive ketones (excluding diaryl/α,β-unsaturated/α-hetero) is 1. The highest BCUT2D eigenvalue weighted by atomic mass is 16.1. The van der Waals surface area contributed by atoms with Crippen molar-refractivity contribution in [2.45, 2.75) is 32.2 Å². The van der Waals surface area contributed by atoms with Crippen LogP contribution < -0.4 is 5.32 Å². The molecule has 5 rings (SSSR count). The van der Waals surface area contributed by atoms with Crippen LogP contribution in [0.15, 0.2) is 66.2 Å². The average molecular weight is 339 g/mol. The van der Waals surface area contributed by atoms with Gasteiger partial charge in [-0.1, -0.05) is 60.2 Å². The zero-order valence-electron chi connectivity index (χ0n) is 14.9. The van der Waals surface area contributed by atoms with Crippen LogP contribution in [0.3, 0.4) is 0 Å². The summed E-state index contributed by atoms with van der Waals surface area (Å²) >= 11 is 0. The molecule has 0 aromatic heterocycles. The van der Waals surface area contributed by atoms with Gasteiger partial charge in [0.25, 0.3) is 0 Å². The van der Waals surface area contributed by atoms with E-state index in [0.29, 0.717) is 12.2 Å². The van der Waals surface area contributed by atoms with Crippen molar-refractivity contribution in [2.24, 2.45) is 0 Å². The average Bonchev–Trinajstić information content (AvgIpc) is 2.68. The molecule has 1 aliphatic heterocycles. The van der Waals surface area contributed by atoms with Gasteiger partial charge < -0.3 is 5.32 Å². The first-order chi connectivity index (χ1) is 12.7. The minimum atomic E-state index is -0.0490. The van der Waals surface area contributed by atoms with Gasteiger partial charge in [0.15, 0.2) is 5.78 Å². The van der Waals surface area contributed by atoms with Gasteiger partial charge in [0.05, 0.1) is 6.04 Å². The third-order valence-corrected chi connectivity index (χ3v) is 5.69. The molecule has 2 nitrogen and oxygen atoms in total. The monoisotopic (exact) mass is 339 g/mol. The van der Waals surface area contributed by atoms with Crippen molar-refractivity contribution in [1.82, 2.24) is 0 Å². The van der Waals surface area contributed by atoms with Gasteiger partial charge in [0.1, 0.15) is 0 Å². The predicted octanol–water partition coefficient (Wildman–Crippen LogP) is 5.82. The maximum Gasteiger partial charge on any atom is 0.161 e. The number of aryl methyl sites for hydroxylation is 1. The van der Waals surface area contributed by atoms with E-state index >= 15 is 0 Å². The first-order valence-electron chi connectivity index (χ1n) is 9.34. The number of fused-ring (bicyclic) bond motifs is 4. The van der Waals surface area contributed by atoms with Crippen LogP contribution in [0.2, 0.25) is 0 Å². The SMILES string of the molecule is Cc1ccc([C@H]2Nc3ccc4ccccc4c3C3=C2C(=O)CCC3)cc1. The molecular weight excluding hydrogens is 318 g/mol. The Labute approximate surface area is 153 Å². The molecule has 1 aliphatic carbocycles. The van der Waals surface area contributed by atoms with Crippen molar-refractivity contribution in [3.63, 3.8) is 0 Å². The molecular formula is C24H21NO. The number of rotatable bonds is 1. The molecule has 128 valence electrons. The normalized spacial score (nSPS) is 19.1. The zero-order chi connectivity index (χ0) is 17.7. The Bertz CT molecular complexity index is 1060. The molecule has 3 aromatic rings. The van der Waals surface area contributed by atoms with Crippen LogP contribution in [0, 0.1) is 6.92 Å². The van der Waals surface area contributed by atoms with E-state index < -0.39 is 0 Å². The standard InChI is InChI=1S/C24H21NO/c1-15-9-11-17(12-10-15)24-23-19(7-4-8-21(23)26)22-18-6-3-2-5-16(18)13-14-20(22)25-24/h2-3,5-6,9-14,24-25H,4,7-8H2,1H3/t24-/m1/s1. The van der Waals surface area contributed by atoms with E-state index in [1.54, 1.807) is 0 Å². The summed E-state index contributed by atoms with van der Waals surface area (Å²) in [4.78, 5) is 12.9. The fourth-order valence-electron chi connectivity index (χ4n) is 4.41. The molecule has 0 unspecified atom stereocenters. The summed E-state index contributed by atoms with van der Waals surface area (Å²) in [5, 5.41) is 6.14. The predicted molar refractivity (Wildman–Crippen MR) is 107 cm³/mol. The number of hydrogen-bond donors (Lipinski definition) is 1. The molecule has 0 bridgehead atoms. The Morgan fingerprint density at radius 2 is 1.73 bits per heavy atom. The van der Waals surface area contributed by atoms with Gasteiger partial charge >= 0.3 is 0 Å². The first kappa shape index (κ1) is 15.4. The Balaban J connectivity index is 1.78. The number of carbonyl (C=O) groups excluding carboxylic acids is 1. The lowest BCUT2D eigenvalue weighted by Crippen LogP contribution is -2.27. The van der Waals surface area contributed by atoms with Gasteiger partial charge in [0, 0.05) is 23.2 Å². The lowest BCUT2D eigenvalue weighted by Gasteiger charge is -2.35. The van der Waals surface area contributed by atoms with E-state index in [1.165, 1.54) is 27.5 Å². The molecule has 1 atom stereocenters. The van der Waals surface area contributed by atoms with E-state index in [2.05, 4.69) is 72.9 Å². The number of nitrogens with one attached hydrogen (secondary N) is 1. The second-order valence-electron chi connectivity index (χ2n) is 7.37. The van der Waals surface area contributed by atoms with Crippen LogP contribution in [0.4, 0.5) is 5.69 Å². The number of benzene rings is 3. The van der Waals surface area contributed by atoms with Gasteiger partial charge in [-0.05, 0) is 47.7 Å². The van der Waals surface area contributed by atoms with Crippen molar-refractivity contribution >= 4 is 27.8 Å². The summed E-state index contributed by atoms with van der Waals surface area (Å²) in [7, 11) is 0. The Morgan fingerprint density at radius 3 is 2.58 bits per heavy atom. The molecule has 1 heterocycles. The third kappa shape index (κ3) is 2.29. The van der Waals surface area contributed by atoms with Crippen LogP contribution in [-0.4, -0.2) is 5.78 Å². The molecule has 3 aromatic carbocycles. The van der Waals surface area contributed by atoms with E-state index in [9.17, 15) is 4.79 Å². The van der Waals surface area contributed by atoms with Crippen molar-refractivity contribution in [1.29, 1.82) is 0 Å². The van der Waals surface area contributed by atoms with Gasteiger partial charge in [0.2, 0.25) is 0 Å². The van der Waals surface area contributed by atoms with Crippen LogP contribution in [0.1, 0.15) is 42.0 Å². The van der Waals surface area contributed by atoms with Crippen LogP contribution in [-0.2, 0) is 4.79 Å². The maximum atomic E-state index is 12.9.